The van der Waals surface area contributed by atoms with Crippen molar-refractivity contribution in [3.8, 4) is 6.07 Å². The number of ether oxygens (including phenoxy) is 1. The van der Waals surface area contributed by atoms with Crippen LogP contribution < -0.4 is 0 Å². The zero-order valence-corrected chi connectivity index (χ0v) is 11.2. The van der Waals surface area contributed by atoms with Gasteiger partial charge in [0.25, 0.3) is 0 Å². The Balaban J connectivity index is 2.59. The lowest BCUT2D eigenvalue weighted by molar-refractivity contribution is -0.151. The van der Waals surface area contributed by atoms with Gasteiger partial charge in [-0.25, -0.2) is 4.39 Å². The van der Waals surface area contributed by atoms with E-state index in [-0.39, 0.29) is 5.82 Å². The number of hydrogen-bond acceptors (Lipinski definition) is 3. The second-order valence-corrected chi connectivity index (χ2v) is 5.24. The lowest BCUT2D eigenvalue weighted by Crippen LogP contribution is -2.51. The van der Waals surface area contributed by atoms with Gasteiger partial charge in [0.2, 0.25) is 0 Å². The third kappa shape index (κ3) is 2.06. The lowest BCUT2D eigenvalue weighted by atomic mass is 9.57. The molecule has 1 aliphatic heterocycles. The van der Waals surface area contributed by atoms with Crippen molar-refractivity contribution < 1.29 is 19.0 Å². The molecule has 1 heterocycles. The Bertz CT molecular complexity index is 543. The molecule has 1 aliphatic rings. The van der Waals surface area contributed by atoms with Crippen molar-refractivity contribution in [3.63, 3.8) is 0 Å². The fraction of sp³-hybridized carbons (Fsp3) is 0.467. The molecule has 1 unspecified atom stereocenters. The van der Waals surface area contributed by atoms with Crippen LogP contribution in [0.15, 0.2) is 24.3 Å². The topological polar surface area (TPSA) is 70.3 Å². The predicted octanol–water partition coefficient (Wildman–Crippen LogP) is 2.49. The number of halogens is 1. The fourth-order valence-corrected chi connectivity index (χ4v) is 2.93. The Morgan fingerprint density at radius 3 is 2.40 bits per heavy atom. The first-order valence-corrected chi connectivity index (χ1v) is 6.45. The van der Waals surface area contributed by atoms with Crippen LogP contribution in [-0.4, -0.2) is 24.3 Å². The Morgan fingerprint density at radius 2 is 1.95 bits per heavy atom. The quantitative estimate of drug-likeness (QED) is 0.921. The monoisotopic (exact) mass is 277 g/mol. The van der Waals surface area contributed by atoms with Crippen LogP contribution >= 0.6 is 0 Å². The van der Waals surface area contributed by atoms with Gasteiger partial charge in [-0.3, -0.25) is 4.79 Å². The summed E-state index contributed by atoms with van der Waals surface area (Å²) in [5, 5.41) is 19.0. The minimum Gasteiger partial charge on any atom is -0.480 e. The summed E-state index contributed by atoms with van der Waals surface area (Å²) in [6, 6.07) is 7.69. The van der Waals surface area contributed by atoms with E-state index >= 15 is 0 Å². The molecular formula is C15H16FNO3. The van der Waals surface area contributed by atoms with Crippen LogP contribution in [0.1, 0.15) is 25.3 Å². The SMILES string of the molecule is CC(C#N)(C(=O)O)C1(c2ccc(F)cc2)CCOCC1. The molecule has 0 amide bonds. The largest absolute Gasteiger partial charge is 0.480 e. The zero-order valence-electron chi connectivity index (χ0n) is 11.2. The molecule has 1 atom stereocenters. The highest BCUT2D eigenvalue weighted by molar-refractivity contribution is 5.80. The van der Waals surface area contributed by atoms with Crippen molar-refractivity contribution in [3.05, 3.63) is 35.6 Å². The van der Waals surface area contributed by atoms with E-state index in [9.17, 15) is 19.6 Å². The van der Waals surface area contributed by atoms with Gasteiger partial charge >= 0.3 is 5.97 Å². The van der Waals surface area contributed by atoms with Crippen LogP contribution in [0, 0.1) is 22.6 Å². The highest BCUT2D eigenvalue weighted by Gasteiger charge is 2.55. The minimum atomic E-state index is -1.57. The molecule has 1 N–H and O–H groups in total. The van der Waals surface area contributed by atoms with E-state index in [2.05, 4.69) is 0 Å². The first-order valence-electron chi connectivity index (χ1n) is 6.45. The third-order valence-corrected chi connectivity index (χ3v) is 4.35. The summed E-state index contributed by atoms with van der Waals surface area (Å²) < 4.78 is 18.4. The number of hydrogen-bond donors (Lipinski definition) is 1. The van der Waals surface area contributed by atoms with Gasteiger partial charge in [-0.15, -0.1) is 0 Å². The third-order valence-electron chi connectivity index (χ3n) is 4.35. The number of carboxylic acid groups (broad SMARTS) is 1. The summed E-state index contributed by atoms with van der Waals surface area (Å²) in [5.41, 5.74) is -1.76. The van der Waals surface area contributed by atoms with Gasteiger partial charge in [0.15, 0.2) is 5.41 Å². The number of rotatable bonds is 3. The number of benzene rings is 1. The van der Waals surface area contributed by atoms with Crippen molar-refractivity contribution in [1.82, 2.24) is 0 Å². The maximum absolute atomic E-state index is 13.1. The molecule has 5 heteroatoms. The molecule has 0 saturated carbocycles. The molecule has 0 aromatic heterocycles. The van der Waals surface area contributed by atoms with Crippen LogP contribution in [0.3, 0.4) is 0 Å². The lowest BCUT2D eigenvalue weighted by Gasteiger charge is -2.45. The van der Waals surface area contributed by atoms with Gasteiger partial charge in [0.1, 0.15) is 5.82 Å². The van der Waals surface area contributed by atoms with Crippen LogP contribution in [0.5, 0.6) is 0 Å². The normalized spacial score (nSPS) is 20.6. The molecule has 0 spiro atoms. The zero-order chi connectivity index (χ0) is 14.8. The molecule has 106 valence electrons. The van der Waals surface area contributed by atoms with Gasteiger partial charge < -0.3 is 9.84 Å². The summed E-state index contributed by atoms with van der Waals surface area (Å²) in [4.78, 5) is 11.7. The number of carbonyl (C=O) groups is 1. The van der Waals surface area contributed by atoms with Crippen LogP contribution in [0.2, 0.25) is 0 Å². The summed E-state index contributed by atoms with van der Waals surface area (Å²) in [6.07, 6.45) is 0.851. The maximum atomic E-state index is 13.1. The Labute approximate surface area is 116 Å². The standard InChI is InChI=1S/C15H16FNO3/c1-14(10-17,13(18)19)15(6-8-20-9-7-15)11-2-4-12(16)5-3-11/h2-5H,6-9H2,1H3,(H,18,19). The van der Waals surface area contributed by atoms with E-state index in [1.807, 2.05) is 6.07 Å². The molecule has 1 aromatic carbocycles. The second kappa shape index (κ2) is 5.22. The van der Waals surface area contributed by atoms with E-state index < -0.39 is 16.8 Å². The van der Waals surface area contributed by atoms with E-state index in [1.54, 1.807) is 12.1 Å². The minimum absolute atomic E-state index is 0.384. The van der Waals surface area contributed by atoms with Gasteiger partial charge in [-0.2, -0.15) is 5.26 Å². The van der Waals surface area contributed by atoms with Crippen LogP contribution in [0.25, 0.3) is 0 Å². The Hall–Kier alpha value is -1.93. The predicted molar refractivity (Wildman–Crippen MR) is 69.5 cm³/mol. The van der Waals surface area contributed by atoms with Gasteiger partial charge in [-0.05, 0) is 37.5 Å². The summed E-state index contributed by atoms with van der Waals surface area (Å²) in [6.45, 7) is 2.22. The van der Waals surface area contributed by atoms with Gasteiger partial charge in [0.05, 0.1) is 6.07 Å². The molecule has 1 aromatic rings. The number of nitriles is 1. The van der Waals surface area contributed by atoms with E-state index in [0.717, 1.165) is 0 Å². The highest BCUT2D eigenvalue weighted by atomic mass is 19.1. The van der Waals surface area contributed by atoms with Gasteiger partial charge in [0, 0.05) is 18.6 Å². The van der Waals surface area contributed by atoms with E-state index in [4.69, 9.17) is 4.74 Å². The van der Waals surface area contributed by atoms with Crippen LogP contribution in [0.4, 0.5) is 4.39 Å². The summed E-state index contributed by atoms with van der Waals surface area (Å²) in [7, 11) is 0. The average Bonchev–Trinajstić information content (AvgIpc) is 2.47. The molecule has 0 radical (unpaired) electrons. The molecule has 4 nitrogen and oxygen atoms in total. The molecule has 1 saturated heterocycles. The van der Waals surface area contributed by atoms with E-state index in [1.165, 1.54) is 19.1 Å². The fourth-order valence-electron chi connectivity index (χ4n) is 2.93. The molecule has 0 aliphatic carbocycles. The maximum Gasteiger partial charge on any atom is 0.324 e. The molecule has 20 heavy (non-hydrogen) atoms. The number of carboxylic acids is 1. The van der Waals surface area contributed by atoms with Gasteiger partial charge in [-0.1, -0.05) is 12.1 Å². The van der Waals surface area contributed by atoms with Crippen molar-refractivity contribution in [2.75, 3.05) is 13.2 Å². The molecule has 2 rings (SSSR count). The molecular weight excluding hydrogens is 261 g/mol. The molecule has 0 bridgehead atoms. The Morgan fingerprint density at radius 1 is 1.40 bits per heavy atom. The second-order valence-electron chi connectivity index (χ2n) is 5.24. The smallest absolute Gasteiger partial charge is 0.324 e. The average molecular weight is 277 g/mol. The highest BCUT2D eigenvalue weighted by Crippen LogP contribution is 2.49. The summed E-state index contributed by atoms with van der Waals surface area (Å²) in [5.74, 6) is -1.55. The molecule has 1 fully saturated rings. The first kappa shape index (κ1) is 14.5. The summed E-state index contributed by atoms with van der Waals surface area (Å²) >= 11 is 0. The first-order chi connectivity index (χ1) is 9.46. The van der Waals surface area contributed by atoms with Crippen LogP contribution in [-0.2, 0) is 14.9 Å². The van der Waals surface area contributed by atoms with Crippen molar-refractivity contribution >= 4 is 5.97 Å². The van der Waals surface area contributed by atoms with E-state index in [0.29, 0.717) is 31.6 Å². The number of aliphatic carboxylic acids is 1. The number of nitrogens with zero attached hydrogens (tertiary/aromatic N) is 1. The Kier molecular flexibility index (Phi) is 3.78. The van der Waals surface area contributed by atoms with Crippen molar-refractivity contribution in [2.24, 2.45) is 5.41 Å². The van der Waals surface area contributed by atoms with Crippen molar-refractivity contribution in [1.29, 1.82) is 5.26 Å². The van der Waals surface area contributed by atoms with Crippen molar-refractivity contribution in [2.45, 2.75) is 25.2 Å².